The molecule has 0 aromatic carbocycles. The minimum absolute atomic E-state index is 0.458. The van der Waals surface area contributed by atoms with Crippen LogP contribution in [-0.4, -0.2) is 32.8 Å². The lowest BCUT2D eigenvalue weighted by Gasteiger charge is -2.40. The van der Waals surface area contributed by atoms with Crippen LogP contribution in [0.2, 0.25) is 0 Å². The van der Waals surface area contributed by atoms with Crippen LogP contribution >= 0.6 is 11.3 Å². The summed E-state index contributed by atoms with van der Waals surface area (Å²) in [5.74, 6) is 1.06. The first-order valence-corrected chi connectivity index (χ1v) is 7.64. The minimum Gasteiger partial charge on any atom is -0.352 e. The van der Waals surface area contributed by atoms with Crippen LogP contribution in [0.15, 0.2) is 30.9 Å². The van der Waals surface area contributed by atoms with Crippen LogP contribution in [0.3, 0.4) is 0 Å². The SMILES string of the molecule is CCc1cc2c(N3CC(n4cccn4)C3)ncnc2s1. The summed E-state index contributed by atoms with van der Waals surface area (Å²) >= 11 is 1.77. The number of hydrogen-bond donors (Lipinski definition) is 0. The van der Waals surface area contributed by atoms with Crippen molar-refractivity contribution in [2.75, 3.05) is 18.0 Å². The van der Waals surface area contributed by atoms with Crippen LogP contribution in [0.5, 0.6) is 0 Å². The Hall–Kier alpha value is -1.95. The predicted octanol–water partition coefficient (Wildman–Crippen LogP) is 2.51. The zero-order valence-electron chi connectivity index (χ0n) is 11.2. The van der Waals surface area contributed by atoms with E-state index in [9.17, 15) is 0 Å². The molecular formula is C14H15N5S. The highest BCUT2D eigenvalue weighted by Gasteiger charge is 2.30. The second-order valence-electron chi connectivity index (χ2n) is 5.03. The van der Waals surface area contributed by atoms with Crippen molar-refractivity contribution >= 4 is 27.4 Å². The van der Waals surface area contributed by atoms with E-state index in [2.05, 4.69) is 33.0 Å². The molecule has 5 nitrogen and oxygen atoms in total. The zero-order chi connectivity index (χ0) is 13.5. The summed E-state index contributed by atoms with van der Waals surface area (Å²) in [7, 11) is 0. The van der Waals surface area contributed by atoms with Crippen molar-refractivity contribution in [3.05, 3.63) is 35.7 Å². The molecule has 0 radical (unpaired) electrons. The van der Waals surface area contributed by atoms with E-state index in [4.69, 9.17) is 0 Å². The summed E-state index contributed by atoms with van der Waals surface area (Å²) in [6.45, 7) is 4.10. The maximum Gasteiger partial charge on any atom is 0.140 e. The third-order valence-electron chi connectivity index (χ3n) is 3.77. The molecule has 4 rings (SSSR count). The van der Waals surface area contributed by atoms with E-state index in [-0.39, 0.29) is 0 Å². The lowest BCUT2D eigenvalue weighted by Crippen LogP contribution is -2.48. The van der Waals surface area contributed by atoms with Gasteiger partial charge in [0, 0.05) is 30.4 Å². The fraction of sp³-hybridized carbons (Fsp3) is 0.357. The molecule has 0 aliphatic carbocycles. The molecule has 0 saturated carbocycles. The van der Waals surface area contributed by atoms with E-state index in [1.54, 1.807) is 17.7 Å². The van der Waals surface area contributed by atoms with E-state index in [0.29, 0.717) is 6.04 Å². The summed E-state index contributed by atoms with van der Waals surface area (Å²) in [6, 6.07) is 4.66. The average Bonchev–Trinajstić information content (AvgIpc) is 3.05. The number of nitrogens with zero attached hydrogens (tertiary/aromatic N) is 5. The van der Waals surface area contributed by atoms with Crippen molar-refractivity contribution in [2.45, 2.75) is 19.4 Å². The Morgan fingerprint density at radius 3 is 3.00 bits per heavy atom. The average molecular weight is 285 g/mol. The molecule has 0 bridgehead atoms. The predicted molar refractivity (Wildman–Crippen MR) is 80.3 cm³/mol. The number of fused-ring (bicyclic) bond motifs is 1. The molecule has 0 atom stereocenters. The molecular weight excluding hydrogens is 270 g/mol. The van der Waals surface area contributed by atoms with Crippen molar-refractivity contribution in [2.24, 2.45) is 0 Å². The fourth-order valence-electron chi connectivity index (χ4n) is 2.61. The molecule has 6 heteroatoms. The Bertz CT molecular complexity index is 727. The van der Waals surface area contributed by atoms with Gasteiger partial charge in [0.2, 0.25) is 0 Å². The quantitative estimate of drug-likeness (QED) is 0.742. The van der Waals surface area contributed by atoms with E-state index in [1.807, 2.05) is 23.1 Å². The first kappa shape index (κ1) is 11.8. The molecule has 4 heterocycles. The second-order valence-corrected chi connectivity index (χ2v) is 6.14. The Morgan fingerprint density at radius 2 is 2.25 bits per heavy atom. The summed E-state index contributed by atoms with van der Waals surface area (Å²) in [6.07, 6.45) is 6.58. The summed E-state index contributed by atoms with van der Waals surface area (Å²) in [5, 5.41) is 5.49. The smallest absolute Gasteiger partial charge is 0.140 e. The van der Waals surface area contributed by atoms with Gasteiger partial charge in [0.05, 0.1) is 11.4 Å². The summed E-state index contributed by atoms with van der Waals surface area (Å²) in [4.78, 5) is 13.6. The summed E-state index contributed by atoms with van der Waals surface area (Å²) in [5.41, 5.74) is 0. The minimum atomic E-state index is 0.458. The fourth-order valence-corrected chi connectivity index (χ4v) is 3.54. The van der Waals surface area contributed by atoms with Crippen LogP contribution in [0, 0.1) is 0 Å². The lowest BCUT2D eigenvalue weighted by molar-refractivity contribution is 0.366. The maximum atomic E-state index is 4.48. The Kier molecular flexibility index (Phi) is 2.70. The highest BCUT2D eigenvalue weighted by molar-refractivity contribution is 7.18. The molecule has 102 valence electrons. The van der Waals surface area contributed by atoms with Gasteiger partial charge in [0.25, 0.3) is 0 Å². The molecule has 0 unspecified atom stereocenters. The highest BCUT2D eigenvalue weighted by Crippen LogP contribution is 2.34. The molecule has 0 N–H and O–H groups in total. The normalized spacial score (nSPS) is 15.8. The standard InChI is InChI=1S/C14H15N5S/c1-2-11-6-12-13(15-9-16-14(12)20-11)18-7-10(8-18)19-5-3-4-17-19/h3-6,9-10H,2,7-8H2,1H3. The van der Waals surface area contributed by atoms with Gasteiger partial charge in [-0.2, -0.15) is 5.10 Å². The number of aromatic nitrogens is 4. The third kappa shape index (κ3) is 1.79. The largest absolute Gasteiger partial charge is 0.352 e. The van der Waals surface area contributed by atoms with Gasteiger partial charge in [-0.05, 0) is 18.6 Å². The maximum absolute atomic E-state index is 4.48. The monoisotopic (exact) mass is 285 g/mol. The third-order valence-corrected chi connectivity index (χ3v) is 4.96. The van der Waals surface area contributed by atoms with E-state index in [0.717, 1.165) is 30.2 Å². The molecule has 0 spiro atoms. The number of rotatable bonds is 3. The highest BCUT2D eigenvalue weighted by atomic mass is 32.1. The van der Waals surface area contributed by atoms with Gasteiger partial charge in [-0.3, -0.25) is 4.68 Å². The molecule has 1 aliphatic rings. The molecule has 0 amide bonds. The molecule has 1 fully saturated rings. The molecule has 3 aromatic heterocycles. The van der Waals surface area contributed by atoms with Crippen molar-refractivity contribution < 1.29 is 0 Å². The van der Waals surface area contributed by atoms with Crippen LogP contribution in [0.4, 0.5) is 5.82 Å². The topological polar surface area (TPSA) is 46.8 Å². The van der Waals surface area contributed by atoms with Crippen molar-refractivity contribution in [3.8, 4) is 0 Å². The number of anilines is 1. The van der Waals surface area contributed by atoms with Crippen molar-refractivity contribution in [1.29, 1.82) is 0 Å². The Labute approximate surface area is 120 Å². The number of thiophene rings is 1. The molecule has 1 aliphatic heterocycles. The Morgan fingerprint density at radius 1 is 1.35 bits per heavy atom. The van der Waals surface area contributed by atoms with Crippen LogP contribution in [0.25, 0.3) is 10.2 Å². The van der Waals surface area contributed by atoms with Gasteiger partial charge < -0.3 is 4.90 Å². The van der Waals surface area contributed by atoms with Gasteiger partial charge in [0.1, 0.15) is 17.0 Å². The van der Waals surface area contributed by atoms with Gasteiger partial charge in [-0.15, -0.1) is 11.3 Å². The molecule has 1 saturated heterocycles. The zero-order valence-corrected chi connectivity index (χ0v) is 12.0. The second kappa shape index (κ2) is 4.56. The lowest BCUT2D eigenvalue weighted by atomic mass is 10.1. The van der Waals surface area contributed by atoms with E-state index < -0.39 is 0 Å². The number of hydrogen-bond acceptors (Lipinski definition) is 5. The first-order valence-electron chi connectivity index (χ1n) is 6.82. The molecule has 3 aromatic rings. The van der Waals surface area contributed by atoms with E-state index in [1.165, 1.54) is 10.3 Å². The van der Waals surface area contributed by atoms with Crippen LogP contribution in [-0.2, 0) is 6.42 Å². The number of aryl methyl sites for hydroxylation is 1. The van der Waals surface area contributed by atoms with Gasteiger partial charge >= 0.3 is 0 Å². The van der Waals surface area contributed by atoms with Crippen molar-refractivity contribution in [3.63, 3.8) is 0 Å². The summed E-state index contributed by atoms with van der Waals surface area (Å²) < 4.78 is 2.03. The van der Waals surface area contributed by atoms with Crippen LogP contribution in [0.1, 0.15) is 17.8 Å². The van der Waals surface area contributed by atoms with E-state index >= 15 is 0 Å². The van der Waals surface area contributed by atoms with Crippen LogP contribution < -0.4 is 4.90 Å². The Balaban J connectivity index is 1.62. The van der Waals surface area contributed by atoms with Gasteiger partial charge in [-0.25, -0.2) is 9.97 Å². The van der Waals surface area contributed by atoms with Gasteiger partial charge in [-0.1, -0.05) is 6.92 Å². The molecule has 20 heavy (non-hydrogen) atoms. The first-order chi connectivity index (χ1) is 9.85. The van der Waals surface area contributed by atoms with Gasteiger partial charge in [0.15, 0.2) is 0 Å². The van der Waals surface area contributed by atoms with Crippen molar-refractivity contribution in [1.82, 2.24) is 19.7 Å².